The topological polar surface area (TPSA) is 9.23 Å². The molecule has 0 heterocycles. The van der Waals surface area contributed by atoms with Gasteiger partial charge >= 0.3 is 0 Å². The molecule has 2 rings (SSSR count). The molecule has 1 heteroatoms. The maximum absolute atomic E-state index is 4.80. The number of hydrogen-bond donors (Lipinski definition) is 0. The van der Waals surface area contributed by atoms with E-state index in [0.29, 0.717) is 0 Å². The molecule has 89 valence electrons. The van der Waals surface area contributed by atoms with Crippen LogP contribution in [0.15, 0.2) is 42.5 Å². The van der Waals surface area contributed by atoms with Crippen LogP contribution in [-0.2, 0) is 11.2 Å². The summed E-state index contributed by atoms with van der Waals surface area (Å²) in [5.74, 6) is 0. The van der Waals surface area contributed by atoms with Gasteiger partial charge in [0.2, 0.25) is 0 Å². The lowest BCUT2D eigenvalue weighted by Crippen LogP contribution is -1.89. The van der Waals surface area contributed by atoms with Crippen molar-refractivity contribution in [3.8, 4) is 0 Å². The predicted octanol–water partition coefficient (Wildman–Crippen LogP) is 4.36. The molecule has 0 atom stereocenters. The molecule has 0 bridgehead atoms. The molecule has 0 saturated heterocycles. The molecular formula is C16H19O. The highest BCUT2D eigenvalue weighted by atomic mass is 16.5. The minimum absolute atomic E-state index is 0.776. The van der Waals surface area contributed by atoms with E-state index in [-0.39, 0.29) is 0 Å². The highest BCUT2D eigenvalue weighted by Crippen LogP contribution is 2.17. The fourth-order valence-corrected chi connectivity index (χ4v) is 2.10. The Morgan fingerprint density at radius 3 is 2.53 bits per heavy atom. The Hall–Kier alpha value is -1.34. The Bertz CT molecular complexity index is 462. The molecule has 1 nitrogen and oxygen atoms in total. The zero-order valence-electron chi connectivity index (χ0n) is 10.2. The highest BCUT2D eigenvalue weighted by Gasteiger charge is 1.96. The zero-order valence-corrected chi connectivity index (χ0v) is 10.2. The van der Waals surface area contributed by atoms with E-state index in [0.717, 1.165) is 19.4 Å². The van der Waals surface area contributed by atoms with Crippen LogP contribution in [0.1, 0.15) is 24.8 Å². The average Bonchev–Trinajstić information content (AvgIpc) is 2.38. The van der Waals surface area contributed by atoms with Crippen LogP contribution in [0.2, 0.25) is 0 Å². The standard InChI is InChI=1S/C16H19O/c1-17-12-6-2-3-7-14-10-11-15-8-4-5-9-16(15)13-14/h4-5,8-11,13H,1-3,6-7,12H2. The van der Waals surface area contributed by atoms with Gasteiger partial charge in [-0.3, -0.25) is 0 Å². The van der Waals surface area contributed by atoms with Gasteiger partial charge in [-0.25, -0.2) is 0 Å². The lowest BCUT2D eigenvalue weighted by atomic mass is 10.0. The average molecular weight is 227 g/mol. The molecule has 1 radical (unpaired) electrons. The molecule has 0 N–H and O–H groups in total. The van der Waals surface area contributed by atoms with Crippen LogP contribution in [-0.4, -0.2) is 6.61 Å². The summed E-state index contributed by atoms with van der Waals surface area (Å²) >= 11 is 0. The molecule has 17 heavy (non-hydrogen) atoms. The summed E-state index contributed by atoms with van der Waals surface area (Å²) in [4.78, 5) is 0. The van der Waals surface area contributed by atoms with Gasteiger partial charge in [0.1, 0.15) is 0 Å². The van der Waals surface area contributed by atoms with Crippen LogP contribution in [0.3, 0.4) is 0 Å². The van der Waals surface area contributed by atoms with Gasteiger partial charge in [0.05, 0.1) is 7.11 Å². The SMILES string of the molecule is [CH2]OCCCCCc1ccc2ccccc2c1. The van der Waals surface area contributed by atoms with Crippen molar-refractivity contribution >= 4 is 10.8 Å². The van der Waals surface area contributed by atoms with Crippen LogP contribution in [0.25, 0.3) is 10.8 Å². The van der Waals surface area contributed by atoms with Gasteiger partial charge in [-0.1, -0.05) is 48.9 Å². The van der Waals surface area contributed by atoms with E-state index in [1.165, 1.54) is 29.2 Å². The van der Waals surface area contributed by atoms with Crippen LogP contribution in [0.5, 0.6) is 0 Å². The number of benzene rings is 2. The van der Waals surface area contributed by atoms with Crippen molar-refractivity contribution in [3.05, 3.63) is 55.1 Å². The normalized spacial score (nSPS) is 10.9. The van der Waals surface area contributed by atoms with Gasteiger partial charge in [0, 0.05) is 6.61 Å². The first-order valence-electron chi connectivity index (χ1n) is 6.25. The predicted molar refractivity (Wildman–Crippen MR) is 72.8 cm³/mol. The maximum Gasteiger partial charge on any atom is 0.0700 e. The van der Waals surface area contributed by atoms with Crippen molar-refractivity contribution in [2.45, 2.75) is 25.7 Å². The summed E-state index contributed by atoms with van der Waals surface area (Å²) in [6.07, 6.45) is 4.70. The van der Waals surface area contributed by atoms with E-state index in [9.17, 15) is 0 Å². The van der Waals surface area contributed by atoms with E-state index in [2.05, 4.69) is 49.6 Å². The number of unbranched alkanes of at least 4 members (excludes halogenated alkanes) is 2. The van der Waals surface area contributed by atoms with Gasteiger partial charge in [-0.15, -0.1) is 0 Å². The monoisotopic (exact) mass is 227 g/mol. The third-order valence-corrected chi connectivity index (χ3v) is 3.07. The highest BCUT2D eigenvalue weighted by molar-refractivity contribution is 5.82. The quantitative estimate of drug-likeness (QED) is 0.666. The Balaban J connectivity index is 1.90. The molecule has 0 aliphatic carbocycles. The summed E-state index contributed by atoms with van der Waals surface area (Å²) < 4.78 is 4.80. The second-order valence-electron chi connectivity index (χ2n) is 4.40. The molecule has 0 unspecified atom stereocenters. The second kappa shape index (κ2) is 6.41. The second-order valence-corrected chi connectivity index (χ2v) is 4.40. The number of hydrogen-bond acceptors (Lipinski definition) is 1. The Morgan fingerprint density at radius 1 is 0.882 bits per heavy atom. The van der Waals surface area contributed by atoms with Crippen molar-refractivity contribution in [2.75, 3.05) is 6.61 Å². The lowest BCUT2D eigenvalue weighted by molar-refractivity contribution is 0.234. The molecule has 0 aromatic heterocycles. The molecule has 0 aliphatic heterocycles. The van der Waals surface area contributed by atoms with E-state index in [4.69, 9.17) is 4.74 Å². The first kappa shape index (κ1) is 12.1. The number of fused-ring (bicyclic) bond motifs is 1. The van der Waals surface area contributed by atoms with Crippen molar-refractivity contribution in [1.29, 1.82) is 0 Å². The van der Waals surface area contributed by atoms with Crippen LogP contribution >= 0.6 is 0 Å². The molecule has 0 spiro atoms. The van der Waals surface area contributed by atoms with E-state index < -0.39 is 0 Å². The van der Waals surface area contributed by atoms with Crippen molar-refractivity contribution < 1.29 is 4.74 Å². The third kappa shape index (κ3) is 3.57. The summed E-state index contributed by atoms with van der Waals surface area (Å²) in [6, 6.07) is 15.3. The molecule has 0 saturated carbocycles. The zero-order chi connectivity index (χ0) is 11.9. The van der Waals surface area contributed by atoms with E-state index >= 15 is 0 Å². The molecule has 0 amide bonds. The van der Waals surface area contributed by atoms with Crippen LogP contribution in [0.4, 0.5) is 0 Å². The Kier molecular flexibility index (Phi) is 4.57. The molecule has 2 aromatic carbocycles. The minimum Gasteiger partial charge on any atom is -0.379 e. The van der Waals surface area contributed by atoms with Gasteiger partial charge < -0.3 is 4.74 Å². The molecule has 2 aromatic rings. The third-order valence-electron chi connectivity index (χ3n) is 3.07. The smallest absolute Gasteiger partial charge is 0.0700 e. The largest absolute Gasteiger partial charge is 0.379 e. The van der Waals surface area contributed by atoms with E-state index in [1.54, 1.807) is 0 Å². The first-order chi connectivity index (χ1) is 8.40. The molecule has 0 aliphatic rings. The number of ether oxygens (including phenoxy) is 1. The molecule has 0 fully saturated rings. The first-order valence-corrected chi connectivity index (χ1v) is 6.25. The van der Waals surface area contributed by atoms with Crippen LogP contribution < -0.4 is 0 Å². The number of rotatable bonds is 6. The summed E-state index contributed by atoms with van der Waals surface area (Å²) in [6.45, 7) is 0.776. The minimum atomic E-state index is 0.776. The van der Waals surface area contributed by atoms with Crippen LogP contribution in [0, 0.1) is 7.11 Å². The summed E-state index contributed by atoms with van der Waals surface area (Å²) in [7, 11) is 3.38. The number of aryl methyl sites for hydroxylation is 1. The van der Waals surface area contributed by atoms with E-state index in [1.807, 2.05) is 0 Å². The summed E-state index contributed by atoms with van der Waals surface area (Å²) in [5.41, 5.74) is 1.43. The van der Waals surface area contributed by atoms with Crippen molar-refractivity contribution in [1.82, 2.24) is 0 Å². The van der Waals surface area contributed by atoms with Gasteiger partial charge in [-0.2, -0.15) is 0 Å². The van der Waals surface area contributed by atoms with Crippen molar-refractivity contribution in [3.63, 3.8) is 0 Å². The fourth-order valence-electron chi connectivity index (χ4n) is 2.10. The molecular weight excluding hydrogens is 208 g/mol. The maximum atomic E-state index is 4.80. The summed E-state index contributed by atoms with van der Waals surface area (Å²) in [5, 5.41) is 2.66. The van der Waals surface area contributed by atoms with Crippen molar-refractivity contribution in [2.24, 2.45) is 0 Å². The lowest BCUT2D eigenvalue weighted by Gasteiger charge is -2.04. The Labute approximate surface area is 103 Å². The Morgan fingerprint density at radius 2 is 1.71 bits per heavy atom. The fraction of sp³-hybridized carbons (Fsp3) is 0.312. The van der Waals surface area contributed by atoms with Gasteiger partial charge in [-0.05, 0) is 35.6 Å². The van der Waals surface area contributed by atoms with Gasteiger partial charge in [0.15, 0.2) is 0 Å². The van der Waals surface area contributed by atoms with Gasteiger partial charge in [0.25, 0.3) is 0 Å².